The van der Waals surface area contributed by atoms with Crippen molar-refractivity contribution in [3.05, 3.63) is 0 Å². The van der Waals surface area contributed by atoms with Crippen LogP contribution in [0.3, 0.4) is 0 Å². The van der Waals surface area contributed by atoms with Crippen LogP contribution in [-0.4, -0.2) is 42.5 Å². The molecule has 4 unspecified atom stereocenters. The number of rotatable bonds is 2. The van der Waals surface area contributed by atoms with Gasteiger partial charge in [-0.15, -0.1) is 0 Å². The molecule has 0 aromatic carbocycles. The highest BCUT2D eigenvalue weighted by Crippen LogP contribution is 2.20. The highest BCUT2D eigenvalue weighted by Gasteiger charge is 2.40. The third-order valence-corrected chi connectivity index (χ3v) is 2.18. The molecule has 3 N–H and O–H groups in total. The molecular formula is C6H13NO3S. The molecule has 1 aliphatic heterocycles. The van der Waals surface area contributed by atoms with E-state index in [2.05, 4.69) is 12.6 Å². The predicted octanol–water partition coefficient (Wildman–Crippen LogP) is -1.02. The first kappa shape index (κ1) is 9.28. The van der Waals surface area contributed by atoms with E-state index in [0.717, 1.165) is 0 Å². The maximum Gasteiger partial charge on any atom is 0.185 e. The first-order chi connectivity index (χ1) is 5.20. The standard InChI is InChI=1S/C6H13NO3S/c1-9-6-5(8)4(7)3(2-11)10-6/h3-6,8,11H,2,7H2,1H3. The molecule has 0 amide bonds. The average molecular weight is 179 g/mol. The second-order valence-electron chi connectivity index (χ2n) is 2.53. The Morgan fingerprint density at radius 3 is 2.64 bits per heavy atom. The fourth-order valence-electron chi connectivity index (χ4n) is 1.10. The Balaban J connectivity index is 2.53. The molecule has 1 saturated heterocycles. The van der Waals surface area contributed by atoms with Gasteiger partial charge in [0, 0.05) is 12.9 Å². The lowest BCUT2D eigenvalue weighted by Crippen LogP contribution is -2.41. The Hall–Kier alpha value is 0.190. The van der Waals surface area contributed by atoms with E-state index in [-0.39, 0.29) is 6.10 Å². The Morgan fingerprint density at radius 1 is 1.73 bits per heavy atom. The molecule has 0 saturated carbocycles. The number of hydrogen-bond donors (Lipinski definition) is 3. The van der Waals surface area contributed by atoms with Gasteiger partial charge in [0.25, 0.3) is 0 Å². The lowest BCUT2D eigenvalue weighted by Gasteiger charge is -2.12. The van der Waals surface area contributed by atoms with E-state index in [1.54, 1.807) is 0 Å². The van der Waals surface area contributed by atoms with Crippen molar-refractivity contribution in [1.29, 1.82) is 0 Å². The van der Waals surface area contributed by atoms with E-state index in [1.165, 1.54) is 7.11 Å². The minimum Gasteiger partial charge on any atom is -0.386 e. The molecule has 5 heteroatoms. The van der Waals surface area contributed by atoms with Gasteiger partial charge < -0.3 is 20.3 Å². The lowest BCUT2D eigenvalue weighted by atomic mass is 10.1. The average Bonchev–Trinajstić information content (AvgIpc) is 2.30. The summed E-state index contributed by atoms with van der Waals surface area (Å²) in [5.41, 5.74) is 5.60. The van der Waals surface area contributed by atoms with Crippen molar-refractivity contribution >= 4 is 12.6 Å². The van der Waals surface area contributed by atoms with Gasteiger partial charge >= 0.3 is 0 Å². The molecule has 0 spiro atoms. The Kier molecular flexibility index (Phi) is 3.15. The molecule has 1 rings (SSSR count). The van der Waals surface area contributed by atoms with Crippen molar-refractivity contribution in [3.63, 3.8) is 0 Å². The van der Waals surface area contributed by atoms with E-state index in [4.69, 9.17) is 15.2 Å². The summed E-state index contributed by atoms with van der Waals surface area (Å²) in [4.78, 5) is 0. The first-order valence-corrected chi connectivity index (χ1v) is 4.06. The summed E-state index contributed by atoms with van der Waals surface area (Å²) in [6, 6.07) is -0.391. The largest absolute Gasteiger partial charge is 0.386 e. The zero-order valence-electron chi connectivity index (χ0n) is 6.30. The van der Waals surface area contributed by atoms with Crippen molar-refractivity contribution < 1.29 is 14.6 Å². The smallest absolute Gasteiger partial charge is 0.185 e. The van der Waals surface area contributed by atoms with Crippen molar-refractivity contribution in [2.24, 2.45) is 5.73 Å². The van der Waals surface area contributed by atoms with Crippen LogP contribution < -0.4 is 5.73 Å². The summed E-state index contributed by atoms with van der Waals surface area (Å²) in [5.74, 6) is 0.498. The fraction of sp³-hybridized carbons (Fsp3) is 1.00. The van der Waals surface area contributed by atoms with Gasteiger partial charge in [-0.2, -0.15) is 12.6 Å². The van der Waals surface area contributed by atoms with E-state index >= 15 is 0 Å². The molecular weight excluding hydrogens is 166 g/mol. The zero-order valence-corrected chi connectivity index (χ0v) is 7.20. The van der Waals surface area contributed by atoms with Crippen molar-refractivity contribution in [2.75, 3.05) is 12.9 Å². The fourth-order valence-corrected chi connectivity index (χ4v) is 1.43. The number of methoxy groups -OCH3 is 1. The zero-order chi connectivity index (χ0) is 8.43. The van der Waals surface area contributed by atoms with Crippen LogP contribution in [0.25, 0.3) is 0 Å². The molecule has 0 aromatic rings. The van der Waals surface area contributed by atoms with Crippen LogP contribution in [0.5, 0.6) is 0 Å². The molecule has 4 nitrogen and oxygen atoms in total. The van der Waals surface area contributed by atoms with Gasteiger partial charge in [-0.1, -0.05) is 0 Å². The topological polar surface area (TPSA) is 64.7 Å². The molecule has 66 valence electrons. The van der Waals surface area contributed by atoms with Crippen LogP contribution in [0, 0.1) is 0 Å². The van der Waals surface area contributed by atoms with Crippen LogP contribution in [0.15, 0.2) is 0 Å². The number of aliphatic hydroxyl groups excluding tert-OH is 1. The van der Waals surface area contributed by atoms with Crippen molar-refractivity contribution in [3.8, 4) is 0 Å². The number of ether oxygens (including phenoxy) is 2. The van der Waals surface area contributed by atoms with Gasteiger partial charge in [0.15, 0.2) is 6.29 Å². The maximum absolute atomic E-state index is 9.35. The summed E-state index contributed by atoms with van der Waals surface area (Å²) < 4.78 is 10.1. The van der Waals surface area contributed by atoms with E-state index in [0.29, 0.717) is 5.75 Å². The summed E-state index contributed by atoms with van der Waals surface area (Å²) in [6.45, 7) is 0. The van der Waals surface area contributed by atoms with Gasteiger partial charge in [0.2, 0.25) is 0 Å². The van der Waals surface area contributed by atoms with Gasteiger partial charge in [-0.25, -0.2) is 0 Å². The molecule has 0 radical (unpaired) electrons. The molecule has 0 aliphatic carbocycles. The first-order valence-electron chi connectivity index (χ1n) is 3.43. The van der Waals surface area contributed by atoms with E-state index in [9.17, 15) is 5.11 Å². The molecule has 1 heterocycles. The molecule has 11 heavy (non-hydrogen) atoms. The van der Waals surface area contributed by atoms with Crippen LogP contribution in [0.4, 0.5) is 0 Å². The quantitative estimate of drug-likeness (QED) is 0.475. The van der Waals surface area contributed by atoms with Gasteiger partial charge in [0.05, 0.1) is 12.1 Å². The summed E-state index contributed by atoms with van der Waals surface area (Å²) in [5, 5.41) is 9.35. The highest BCUT2D eigenvalue weighted by atomic mass is 32.1. The minimum atomic E-state index is -0.739. The van der Waals surface area contributed by atoms with Gasteiger partial charge in [-0.3, -0.25) is 0 Å². The summed E-state index contributed by atoms with van der Waals surface area (Å²) in [7, 11) is 1.47. The monoisotopic (exact) mass is 179 g/mol. The highest BCUT2D eigenvalue weighted by molar-refractivity contribution is 7.80. The molecule has 0 bridgehead atoms. The molecule has 4 atom stereocenters. The van der Waals surface area contributed by atoms with Gasteiger partial charge in [-0.05, 0) is 0 Å². The maximum atomic E-state index is 9.35. The van der Waals surface area contributed by atoms with Crippen molar-refractivity contribution in [2.45, 2.75) is 24.5 Å². The SMILES string of the molecule is COC1OC(CS)C(N)C1O. The number of hydrogen-bond acceptors (Lipinski definition) is 5. The second-order valence-corrected chi connectivity index (χ2v) is 2.89. The lowest BCUT2D eigenvalue weighted by molar-refractivity contribution is -0.144. The normalized spacial score (nSPS) is 44.7. The van der Waals surface area contributed by atoms with Crippen molar-refractivity contribution in [1.82, 2.24) is 0 Å². The number of nitrogens with two attached hydrogens (primary N) is 1. The Labute approximate surface area is 71.1 Å². The second kappa shape index (κ2) is 3.73. The minimum absolute atomic E-state index is 0.210. The Morgan fingerprint density at radius 2 is 2.36 bits per heavy atom. The van der Waals surface area contributed by atoms with Crippen LogP contribution in [-0.2, 0) is 9.47 Å². The number of thiol groups is 1. The predicted molar refractivity (Wildman–Crippen MR) is 43.5 cm³/mol. The van der Waals surface area contributed by atoms with Crippen LogP contribution in [0.1, 0.15) is 0 Å². The third kappa shape index (κ3) is 1.68. The van der Waals surface area contributed by atoms with Crippen LogP contribution >= 0.6 is 12.6 Å². The van der Waals surface area contributed by atoms with E-state index < -0.39 is 18.4 Å². The third-order valence-electron chi connectivity index (χ3n) is 1.82. The van der Waals surface area contributed by atoms with E-state index in [1.807, 2.05) is 0 Å². The molecule has 1 fully saturated rings. The number of aliphatic hydroxyl groups is 1. The van der Waals surface area contributed by atoms with Crippen LogP contribution in [0.2, 0.25) is 0 Å². The summed E-state index contributed by atoms with van der Waals surface area (Å²) in [6.07, 6.45) is -1.54. The molecule has 0 aromatic heterocycles. The molecule has 1 aliphatic rings. The van der Waals surface area contributed by atoms with Gasteiger partial charge in [0.1, 0.15) is 6.10 Å². The summed E-state index contributed by atoms with van der Waals surface area (Å²) >= 11 is 4.02. The Bertz CT molecular complexity index is 117.